The first-order chi connectivity index (χ1) is 9.63. The van der Waals surface area contributed by atoms with Gasteiger partial charge in [-0.1, -0.05) is 0 Å². The molecule has 0 bridgehead atoms. The third-order valence-corrected chi connectivity index (χ3v) is 3.89. The molecule has 0 saturated carbocycles. The van der Waals surface area contributed by atoms with Gasteiger partial charge in [-0.2, -0.15) is 9.97 Å². The van der Waals surface area contributed by atoms with Crippen LogP contribution in [0.1, 0.15) is 18.4 Å². The van der Waals surface area contributed by atoms with Gasteiger partial charge in [0.2, 0.25) is 5.95 Å². The van der Waals surface area contributed by atoms with E-state index < -0.39 is 0 Å². The molecule has 1 fully saturated rings. The van der Waals surface area contributed by atoms with Crippen LogP contribution in [-0.2, 0) is 0 Å². The summed E-state index contributed by atoms with van der Waals surface area (Å²) in [6.07, 6.45) is 3.95. The lowest BCUT2D eigenvalue weighted by molar-refractivity contribution is 0.263. The van der Waals surface area contributed by atoms with Crippen molar-refractivity contribution in [2.75, 3.05) is 31.2 Å². The summed E-state index contributed by atoms with van der Waals surface area (Å²) in [7, 11) is 2.15. The summed E-state index contributed by atoms with van der Waals surface area (Å²) in [5, 5.41) is 4.23. The largest absolute Gasteiger partial charge is 0.383 e. The molecule has 0 aromatic carbocycles. The standard InChI is InChI=1S/C14H20N6/c1-9-3-6-16-13-11(9)12(15)18-14(19-13)17-10-4-7-20(2)8-5-10/h3,6,10H,4-5,7-8H2,1-2H3,(H3,15,16,17,18,19). The molecule has 0 radical (unpaired) electrons. The van der Waals surface area contributed by atoms with Crippen molar-refractivity contribution in [3.63, 3.8) is 0 Å². The van der Waals surface area contributed by atoms with Crippen molar-refractivity contribution in [2.24, 2.45) is 0 Å². The van der Waals surface area contributed by atoms with Crippen LogP contribution in [0.5, 0.6) is 0 Å². The number of rotatable bonds is 2. The monoisotopic (exact) mass is 272 g/mol. The van der Waals surface area contributed by atoms with E-state index in [-0.39, 0.29) is 0 Å². The number of likely N-dealkylation sites (tertiary alicyclic amines) is 1. The number of aryl methyl sites for hydroxylation is 1. The Hall–Kier alpha value is -1.95. The van der Waals surface area contributed by atoms with Crippen LogP contribution < -0.4 is 11.1 Å². The van der Waals surface area contributed by atoms with Gasteiger partial charge in [0, 0.05) is 12.2 Å². The molecule has 1 aliphatic rings. The van der Waals surface area contributed by atoms with Crippen molar-refractivity contribution in [3.8, 4) is 0 Å². The predicted molar refractivity (Wildman–Crippen MR) is 80.6 cm³/mol. The van der Waals surface area contributed by atoms with E-state index in [1.165, 1.54) is 0 Å². The Balaban J connectivity index is 1.86. The topological polar surface area (TPSA) is 80.0 Å². The molecule has 20 heavy (non-hydrogen) atoms. The maximum atomic E-state index is 6.05. The Morgan fingerprint density at radius 3 is 2.80 bits per heavy atom. The number of fused-ring (bicyclic) bond motifs is 1. The fourth-order valence-corrected chi connectivity index (χ4v) is 2.64. The van der Waals surface area contributed by atoms with Gasteiger partial charge in [0.25, 0.3) is 0 Å². The number of aromatic nitrogens is 3. The fraction of sp³-hybridized carbons (Fsp3) is 0.500. The third-order valence-electron chi connectivity index (χ3n) is 3.89. The molecule has 0 amide bonds. The molecule has 6 nitrogen and oxygen atoms in total. The van der Waals surface area contributed by atoms with Crippen LogP contribution in [0.15, 0.2) is 12.3 Å². The van der Waals surface area contributed by atoms with Gasteiger partial charge >= 0.3 is 0 Å². The number of nitrogens with two attached hydrogens (primary N) is 1. The molecule has 3 heterocycles. The van der Waals surface area contributed by atoms with E-state index >= 15 is 0 Å². The SMILES string of the molecule is Cc1ccnc2nc(NC3CCN(C)CC3)nc(N)c12. The number of hydrogen-bond acceptors (Lipinski definition) is 6. The molecule has 2 aromatic rings. The van der Waals surface area contributed by atoms with Crippen molar-refractivity contribution in [3.05, 3.63) is 17.8 Å². The molecular formula is C14H20N6. The number of anilines is 2. The third kappa shape index (κ3) is 2.51. The van der Waals surface area contributed by atoms with Gasteiger partial charge in [-0.3, -0.25) is 0 Å². The number of pyridine rings is 1. The van der Waals surface area contributed by atoms with E-state index in [1.807, 2.05) is 13.0 Å². The van der Waals surface area contributed by atoms with E-state index in [2.05, 4.69) is 32.2 Å². The molecule has 3 N–H and O–H groups in total. The number of nitrogen functional groups attached to an aromatic ring is 1. The summed E-state index contributed by atoms with van der Waals surface area (Å²) >= 11 is 0. The highest BCUT2D eigenvalue weighted by Crippen LogP contribution is 2.22. The van der Waals surface area contributed by atoms with Gasteiger partial charge < -0.3 is 16.0 Å². The molecule has 0 aliphatic carbocycles. The Labute approximate surface area is 118 Å². The fourth-order valence-electron chi connectivity index (χ4n) is 2.64. The molecule has 1 aliphatic heterocycles. The van der Waals surface area contributed by atoms with E-state index in [0.717, 1.165) is 36.9 Å². The first-order valence-electron chi connectivity index (χ1n) is 6.97. The molecule has 0 atom stereocenters. The Morgan fingerprint density at radius 2 is 2.05 bits per heavy atom. The Bertz CT molecular complexity index is 618. The van der Waals surface area contributed by atoms with E-state index in [0.29, 0.717) is 23.5 Å². The van der Waals surface area contributed by atoms with Crippen molar-refractivity contribution < 1.29 is 0 Å². The molecule has 6 heteroatoms. The lowest BCUT2D eigenvalue weighted by Gasteiger charge is -2.29. The Morgan fingerprint density at radius 1 is 1.30 bits per heavy atom. The number of piperidine rings is 1. The summed E-state index contributed by atoms with van der Waals surface area (Å²) in [5.41, 5.74) is 7.76. The molecule has 3 rings (SSSR count). The van der Waals surface area contributed by atoms with Crippen molar-refractivity contribution >= 4 is 22.8 Å². The second-order valence-electron chi connectivity index (χ2n) is 5.48. The predicted octanol–water partition coefficient (Wildman–Crippen LogP) is 1.42. The van der Waals surface area contributed by atoms with Crippen LogP contribution in [0, 0.1) is 6.92 Å². The van der Waals surface area contributed by atoms with E-state index in [9.17, 15) is 0 Å². The van der Waals surface area contributed by atoms with Crippen LogP contribution in [0.25, 0.3) is 11.0 Å². The number of hydrogen-bond donors (Lipinski definition) is 2. The van der Waals surface area contributed by atoms with E-state index in [1.54, 1.807) is 6.20 Å². The molecule has 1 saturated heterocycles. The molecule has 0 spiro atoms. The molecule has 2 aromatic heterocycles. The number of nitrogens with one attached hydrogen (secondary N) is 1. The zero-order chi connectivity index (χ0) is 14.1. The minimum atomic E-state index is 0.410. The second-order valence-corrected chi connectivity index (χ2v) is 5.48. The lowest BCUT2D eigenvalue weighted by Crippen LogP contribution is -2.37. The van der Waals surface area contributed by atoms with Crippen molar-refractivity contribution in [2.45, 2.75) is 25.8 Å². The van der Waals surface area contributed by atoms with E-state index in [4.69, 9.17) is 5.73 Å². The average molecular weight is 272 g/mol. The summed E-state index contributed by atoms with van der Waals surface area (Å²) < 4.78 is 0. The summed E-state index contributed by atoms with van der Waals surface area (Å²) in [5.74, 6) is 1.08. The smallest absolute Gasteiger partial charge is 0.226 e. The van der Waals surface area contributed by atoms with Gasteiger partial charge in [0.15, 0.2) is 5.65 Å². The van der Waals surface area contributed by atoms with Crippen LogP contribution in [0.2, 0.25) is 0 Å². The first-order valence-corrected chi connectivity index (χ1v) is 6.97. The maximum Gasteiger partial charge on any atom is 0.226 e. The van der Waals surface area contributed by atoms with Gasteiger partial charge in [0.05, 0.1) is 5.39 Å². The second kappa shape index (κ2) is 5.20. The Kier molecular flexibility index (Phi) is 3.40. The van der Waals surface area contributed by atoms with Crippen LogP contribution in [-0.4, -0.2) is 46.0 Å². The van der Waals surface area contributed by atoms with Crippen LogP contribution in [0.4, 0.5) is 11.8 Å². The normalized spacial score (nSPS) is 17.5. The zero-order valence-electron chi connectivity index (χ0n) is 11.9. The maximum absolute atomic E-state index is 6.05. The average Bonchev–Trinajstić information content (AvgIpc) is 2.41. The highest BCUT2D eigenvalue weighted by Gasteiger charge is 2.18. The van der Waals surface area contributed by atoms with Gasteiger partial charge in [-0.05, 0) is 51.5 Å². The summed E-state index contributed by atoms with van der Waals surface area (Å²) in [6, 6.07) is 2.33. The molecule has 106 valence electrons. The first kappa shape index (κ1) is 13.1. The van der Waals surface area contributed by atoms with Crippen LogP contribution >= 0.6 is 0 Å². The molecule has 0 unspecified atom stereocenters. The van der Waals surface area contributed by atoms with Gasteiger partial charge in [-0.25, -0.2) is 4.98 Å². The zero-order valence-corrected chi connectivity index (χ0v) is 11.9. The highest BCUT2D eigenvalue weighted by atomic mass is 15.2. The van der Waals surface area contributed by atoms with Crippen molar-refractivity contribution in [1.29, 1.82) is 0 Å². The van der Waals surface area contributed by atoms with Crippen LogP contribution in [0.3, 0.4) is 0 Å². The summed E-state index contributed by atoms with van der Waals surface area (Å²) in [4.78, 5) is 15.5. The quantitative estimate of drug-likeness (QED) is 0.860. The highest BCUT2D eigenvalue weighted by molar-refractivity contribution is 5.89. The lowest BCUT2D eigenvalue weighted by atomic mass is 10.1. The minimum Gasteiger partial charge on any atom is -0.383 e. The summed E-state index contributed by atoms with van der Waals surface area (Å²) in [6.45, 7) is 4.18. The van der Waals surface area contributed by atoms with Crippen molar-refractivity contribution in [1.82, 2.24) is 19.9 Å². The molecular weight excluding hydrogens is 252 g/mol. The van der Waals surface area contributed by atoms with Gasteiger partial charge in [-0.15, -0.1) is 0 Å². The minimum absolute atomic E-state index is 0.410. The van der Waals surface area contributed by atoms with Gasteiger partial charge in [0.1, 0.15) is 5.82 Å². The number of nitrogens with zero attached hydrogens (tertiary/aromatic N) is 4.